The van der Waals surface area contributed by atoms with Gasteiger partial charge in [0.25, 0.3) is 0 Å². The Morgan fingerprint density at radius 2 is 1.83 bits per heavy atom. The minimum atomic E-state index is -0.533. The molecule has 4 heterocycles. The third kappa shape index (κ3) is 5.13. The molecule has 4 aliphatic rings. The number of fused-ring (bicyclic) bond motifs is 9. The van der Waals surface area contributed by atoms with Crippen LogP contribution < -0.4 is 19.5 Å². The van der Waals surface area contributed by atoms with E-state index >= 15 is 0 Å². The first-order chi connectivity index (χ1) is 21.7. The summed E-state index contributed by atoms with van der Waals surface area (Å²) in [5, 5.41) is 37.1. The second kappa shape index (κ2) is 12.9. The molecule has 3 aromatic carbocycles. The van der Waals surface area contributed by atoms with Gasteiger partial charge in [0.05, 0.1) is 25.3 Å². The average molecular weight is 838 g/mol. The summed E-state index contributed by atoms with van der Waals surface area (Å²) in [5.74, 6) is 1.64. The summed E-state index contributed by atoms with van der Waals surface area (Å²) in [6.45, 7) is 3.97. The number of hydrogen-bond acceptors (Lipinski definition) is 9. The topological polar surface area (TPSA) is 128 Å². The normalized spacial score (nSPS) is 24.1. The number of amides is 1. The summed E-state index contributed by atoms with van der Waals surface area (Å²) in [5.41, 5.74) is 5.78. The molecule has 237 valence electrons. The summed E-state index contributed by atoms with van der Waals surface area (Å²) >= 11 is 0. The van der Waals surface area contributed by atoms with Crippen LogP contribution in [0.5, 0.6) is 28.7 Å². The van der Waals surface area contributed by atoms with E-state index in [0.717, 1.165) is 33.4 Å². The molecule has 10 nitrogen and oxygen atoms in total. The Balaban J connectivity index is 0.00000372. The van der Waals surface area contributed by atoms with Gasteiger partial charge < -0.3 is 29.7 Å². The van der Waals surface area contributed by atoms with Crippen LogP contribution in [0.2, 0.25) is 0 Å². The Hall–Kier alpha value is -3.02. The average Bonchev–Trinajstić information content (AvgIpc) is 3.53. The van der Waals surface area contributed by atoms with Crippen LogP contribution in [0.1, 0.15) is 57.4 Å². The van der Waals surface area contributed by atoms with Gasteiger partial charge in [-0.3, -0.25) is 14.6 Å². The van der Waals surface area contributed by atoms with Crippen molar-refractivity contribution in [3.8, 4) is 34.8 Å². The molecule has 0 spiro atoms. The fourth-order valence-electron chi connectivity index (χ4n) is 8.24. The van der Waals surface area contributed by atoms with Crippen molar-refractivity contribution in [2.24, 2.45) is 0 Å². The number of methoxy groups -OCH3 is 1. The molecule has 0 aliphatic carbocycles. The second-order valence-corrected chi connectivity index (χ2v) is 12.6. The minimum absolute atomic E-state index is 0. The van der Waals surface area contributed by atoms with Gasteiger partial charge in [-0.2, -0.15) is 5.26 Å². The number of carbonyl (C=O) groups is 1. The van der Waals surface area contributed by atoms with Gasteiger partial charge >= 0.3 is 0 Å². The number of likely N-dealkylation sites (N-methyl/N-ethyl adjacent to an activating group) is 1. The fourth-order valence-corrected chi connectivity index (χ4v) is 8.24. The molecule has 1 saturated heterocycles. The molecule has 3 aromatic rings. The molecule has 11 heteroatoms. The van der Waals surface area contributed by atoms with Crippen LogP contribution in [0.4, 0.5) is 0 Å². The maximum Gasteiger partial charge on any atom is 0.231 e. The smallest absolute Gasteiger partial charge is 0.231 e. The maximum absolute atomic E-state index is 13.2. The van der Waals surface area contributed by atoms with E-state index in [1.807, 2.05) is 51.2 Å². The Morgan fingerprint density at radius 3 is 2.54 bits per heavy atom. The van der Waals surface area contributed by atoms with Crippen molar-refractivity contribution >= 4 is 5.91 Å². The Morgan fingerprint density at radius 1 is 1.09 bits per heavy atom. The van der Waals surface area contributed by atoms with E-state index in [1.54, 1.807) is 7.11 Å². The number of piperazine rings is 1. The van der Waals surface area contributed by atoms with Crippen LogP contribution in [0.15, 0.2) is 36.4 Å². The number of phenolic OH excluding ortho intramolecular Hbond substituents is 2. The van der Waals surface area contributed by atoms with Gasteiger partial charge in [0.2, 0.25) is 12.7 Å². The third-order valence-electron chi connectivity index (χ3n) is 10.3. The number of benzene rings is 3. The zero-order valence-electron chi connectivity index (χ0n) is 26.5. The number of aryl methyl sites for hydroxylation is 2. The number of ether oxygens (including phenoxy) is 3. The maximum atomic E-state index is 13.2. The predicted molar refractivity (Wildman–Crippen MR) is 166 cm³/mol. The zero-order chi connectivity index (χ0) is 31.6. The van der Waals surface area contributed by atoms with Crippen molar-refractivity contribution in [2.45, 2.75) is 69.7 Å². The minimum Gasteiger partial charge on any atom is -0.507 e. The van der Waals surface area contributed by atoms with E-state index in [-0.39, 0.29) is 92.9 Å². The van der Waals surface area contributed by atoms with Crippen molar-refractivity contribution in [2.75, 3.05) is 27.5 Å². The van der Waals surface area contributed by atoms with Gasteiger partial charge in [0.15, 0.2) is 23.0 Å². The van der Waals surface area contributed by atoms with Crippen molar-refractivity contribution in [3.05, 3.63) is 75.3 Å². The van der Waals surface area contributed by atoms with Crippen LogP contribution in [0, 0.1) is 69.2 Å². The summed E-state index contributed by atoms with van der Waals surface area (Å²) < 4.78 is 17.5. The number of nitriles is 1. The predicted octanol–water partition coefficient (Wildman–Crippen LogP) is 3.97. The van der Waals surface area contributed by atoms with Gasteiger partial charge in [-0.05, 0) is 56.8 Å². The van der Waals surface area contributed by atoms with Crippen LogP contribution in [-0.2, 0) is 24.1 Å². The largest absolute Gasteiger partial charge is 0.507 e. The molecule has 3 N–H and O–H groups in total. The number of aromatic hydroxyl groups is 2. The van der Waals surface area contributed by atoms with Gasteiger partial charge in [-0.15, -0.1) is 0 Å². The first kappa shape index (κ1) is 32.9. The van der Waals surface area contributed by atoms with Crippen LogP contribution >= 0.6 is 0 Å². The van der Waals surface area contributed by atoms with Gasteiger partial charge in [-0.25, -0.2) is 0 Å². The van der Waals surface area contributed by atoms with Crippen molar-refractivity contribution in [3.63, 3.8) is 0 Å². The van der Waals surface area contributed by atoms with E-state index in [2.05, 4.69) is 27.3 Å². The SMILES string of the molecule is COc1c(C)cc2c(c1O)[C@@H]1C3Cc4c(O)c(C)c5c(c4[C@H](CNC(=O)CCc4ccccc4)N3[C@@H](C#N)[C@H](C2)N1C)OCO5.[Ac]. The van der Waals surface area contributed by atoms with Gasteiger partial charge in [-0.1, -0.05) is 36.4 Å². The van der Waals surface area contributed by atoms with E-state index in [4.69, 9.17) is 14.2 Å². The monoisotopic (exact) mass is 837 g/mol. The van der Waals surface area contributed by atoms with Crippen molar-refractivity contribution in [1.82, 2.24) is 15.1 Å². The molecular formula is C35H38AcN4O6. The van der Waals surface area contributed by atoms with Crippen molar-refractivity contribution in [1.29, 1.82) is 5.26 Å². The Labute approximate surface area is 304 Å². The molecule has 1 radical (unpaired) electrons. The quantitative estimate of drug-likeness (QED) is 0.338. The standard InChI is InChI=1S/C35H38N4O6.Ac/c1-18-12-21-13-23-25(15-36)39-24(30(38(23)3)28(21)32(42)33(18)43-4)14-22-29(35-34(44-17-45-35)19(2)31(22)41)26(39)16-37-27(40)11-10-20-8-6-5-7-9-20;/h5-9,12,23-26,30,41-42H,10-11,13-14,16-17H2,1-4H3,(H,37,40);/t23-,24?,25-,26-,30-;/m0./s1. The van der Waals surface area contributed by atoms with Crippen LogP contribution in [0.3, 0.4) is 0 Å². The second-order valence-electron chi connectivity index (χ2n) is 12.6. The molecule has 1 fully saturated rings. The number of nitrogens with one attached hydrogen (secondary N) is 1. The first-order valence-corrected chi connectivity index (χ1v) is 15.5. The van der Waals surface area contributed by atoms with Crippen LogP contribution in [-0.4, -0.2) is 71.5 Å². The third-order valence-corrected chi connectivity index (χ3v) is 10.3. The fraction of sp³-hybridized carbons (Fsp3) is 0.429. The van der Waals surface area contributed by atoms with Crippen molar-refractivity contribution < 1.29 is 73.3 Å². The molecule has 0 saturated carbocycles. The van der Waals surface area contributed by atoms with E-state index in [9.17, 15) is 20.3 Å². The molecule has 5 atom stereocenters. The first-order valence-electron chi connectivity index (χ1n) is 15.5. The molecule has 0 aromatic heterocycles. The van der Waals surface area contributed by atoms with Gasteiger partial charge in [0, 0.05) is 91.4 Å². The number of rotatable bonds is 6. The van der Waals surface area contributed by atoms with E-state index in [1.165, 1.54) is 0 Å². The molecule has 2 bridgehead atoms. The number of hydrogen-bond donors (Lipinski definition) is 3. The molecule has 1 amide bonds. The molecular weight excluding hydrogens is 799 g/mol. The molecule has 4 aliphatic heterocycles. The Bertz CT molecular complexity index is 1730. The molecule has 46 heavy (non-hydrogen) atoms. The van der Waals surface area contributed by atoms with E-state index in [0.29, 0.717) is 48.5 Å². The Kier molecular flexibility index (Phi) is 9.21. The summed E-state index contributed by atoms with van der Waals surface area (Å²) in [6.07, 6.45) is 1.91. The number of phenols is 2. The summed E-state index contributed by atoms with van der Waals surface area (Å²) in [4.78, 5) is 17.6. The molecule has 7 rings (SSSR count). The summed E-state index contributed by atoms with van der Waals surface area (Å²) in [6, 6.07) is 12.8. The van der Waals surface area contributed by atoms with E-state index < -0.39 is 12.1 Å². The van der Waals surface area contributed by atoms with Gasteiger partial charge in [0.1, 0.15) is 11.8 Å². The van der Waals surface area contributed by atoms with Crippen LogP contribution in [0.25, 0.3) is 0 Å². The molecule has 1 unspecified atom stereocenters. The number of nitrogens with zero attached hydrogens (tertiary/aromatic N) is 3. The number of carbonyl (C=O) groups excluding carboxylic acids is 1. The zero-order valence-corrected chi connectivity index (χ0v) is 31.3. The summed E-state index contributed by atoms with van der Waals surface area (Å²) in [7, 11) is 3.56.